The molecule has 0 fully saturated rings. The molecular weight excluding hydrogens is 333 g/mol. The van der Waals surface area contributed by atoms with Crippen LogP contribution in [-0.4, -0.2) is 12.0 Å². The van der Waals surface area contributed by atoms with Crippen molar-refractivity contribution < 1.29 is 9.53 Å². The summed E-state index contributed by atoms with van der Waals surface area (Å²) in [6.07, 6.45) is 0.883. The first-order chi connectivity index (χ1) is 11.0. The number of halogens is 2. The second-order valence-corrected chi connectivity index (χ2v) is 6.26. The molecule has 0 spiro atoms. The van der Waals surface area contributed by atoms with Crippen molar-refractivity contribution in [3.63, 3.8) is 0 Å². The first kappa shape index (κ1) is 17.6. The Morgan fingerprint density at radius 3 is 2.43 bits per heavy atom. The van der Waals surface area contributed by atoms with Crippen LogP contribution in [0.5, 0.6) is 5.75 Å². The van der Waals surface area contributed by atoms with E-state index in [2.05, 4.69) is 5.32 Å². The highest BCUT2D eigenvalue weighted by Gasteiger charge is 2.09. The molecule has 0 saturated carbocycles. The highest BCUT2D eigenvalue weighted by atomic mass is 35.5. The van der Waals surface area contributed by atoms with E-state index in [1.54, 1.807) is 24.3 Å². The van der Waals surface area contributed by atoms with E-state index >= 15 is 0 Å². The van der Waals surface area contributed by atoms with Gasteiger partial charge in [0.1, 0.15) is 5.75 Å². The van der Waals surface area contributed by atoms with E-state index in [9.17, 15) is 4.79 Å². The number of carbonyl (C=O) groups excluding carboxylic acids is 1. The molecule has 0 aliphatic carbocycles. The molecule has 0 unspecified atom stereocenters. The molecular formula is C18H19Cl2NO2. The summed E-state index contributed by atoms with van der Waals surface area (Å²) in [4.78, 5) is 12.1. The predicted octanol–water partition coefficient (Wildman–Crippen LogP) is 5.35. The number of hydrogen-bond acceptors (Lipinski definition) is 2. The van der Waals surface area contributed by atoms with Crippen molar-refractivity contribution in [1.29, 1.82) is 0 Å². The Labute approximate surface area is 146 Å². The molecule has 122 valence electrons. The Morgan fingerprint density at radius 1 is 1.13 bits per heavy atom. The van der Waals surface area contributed by atoms with Crippen molar-refractivity contribution in [2.45, 2.75) is 32.8 Å². The Bertz CT molecular complexity index is 666. The highest BCUT2D eigenvalue weighted by molar-refractivity contribution is 6.36. The lowest BCUT2D eigenvalue weighted by Crippen LogP contribution is -2.13. The van der Waals surface area contributed by atoms with Crippen LogP contribution in [0, 0.1) is 0 Å². The van der Waals surface area contributed by atoms with Gasteiger partial charge in [-0.1, -0.05) is 35.3 Å². The maximum absolute atomic E-state index is 12.1. The van der Waals surface area contributed by atoms with Gasteiger partial charge in [0.05, 0.1) is 6.10 Å². The third-order valence-electron chi connectivity index (χ3n) is 3.15. The van der Waals surface area contributed by atoms with Crippen molar-refractivity contribution >= 4 is 34.8 Å². The van der Waals surface area contributed by atoms with Gasteiger partial charge in [-0.05, 0) is 50.1 Å². The molecule has 0 aromatic heterocycles. The van der Waals surface area contributed by atoms with Gasteiger partial charge in [0.25, 0.3) is 0 Å². The zero-order valence-electron chi connectivity index (χ0n) is 13.1. The molecule has 0 atom stereocenters. The van der Waals surface area contributed by atoms with Crippen LogP contribution in [0.4, 0.5) is 5.69 Å². The highest BCUT2D eigenvalue weighted by Crippen LogP contribution is 2.25. The summed E-state index contributed by atoms with van der Waals surface area (Å²) >= 11 is 12.2. The molecule has 0 aliphatic rings. The average Bonchev–Trinajstić information content (AvgIpc) is 2.46. The van der Waals surface area contributed by atoms with Gasteiger partial charge in [0, 0.05) is 28.2 Å². The minimum Gasteiger partial charge on any atom is -0.491 e. The maximum atomic E-state index is 12.1. The van der Waals surface area contributed by atoms with Crippen molar-refractivity contribution in [1.82, 2.24) is 0 Å². The number of carbonyl (C=O) groups is 1. The maximum Gasteiger partial charge on any atom is 0.224 e. The van der Waals surface area contributed by atoms with Crippen LogP contribution in [0.1, 0.15) is 25.8 Å². The molecule has 1 N–H and O–H groups in total. The summed E-state index contributed by atoms with van der Waals surface area (Å²) in [5, 5.41) is 4.02. The van der Waals surface area contributed by atoms with Crippen LogP contribution in [0.15, 0.2) is 42.5 Å². The monoisotopic (exact) mass is 351 g/mol. The fourth-order valence-electron chi connectivity index (χ4n) is 2.15. The third-order valence-corrected chi connectivity index (χ3v) is 3.86. The van der Waals surface area contributed by atoms with E-state index in [1.807, 2.05) is 32.0 Å². The summed E-state index contributed by atoms with van der Waals surface area (Å²) in [6, 6.07) is 12.7. The number of nitrogens with one attached hydrogen (secondary N) is 1. The lowest BCUT2D eigenvalue weighted by molar-refractivity contribution is -0.116. The fraction of sp³-hybridized carbons (Fsp3) is 0.278. The van der Waals surface area contributed by atoms with Crippen LogP contribution in [-0.2, 0) is 11.2 Å². The number of rotatable bonds is 6. The number of benzene rings is 2. The van der Waals surface area contributed by atoms with Crippen LogP contribution >= 0.6 is 23.2 Å². The summed E-state index contributed by atoms with van der Waals surface area (Å²) in [5.41, 5.74) is 1.50. The second-order valence-electron chi connectivity index (χ2n) is 5.44. The SMILES string of the molecule is CC(C)Oc1cccc(NC(=O)CCc2c(Cl)cccc2Cl)c1. The summed E-state index contributed by atoms with van der Waals surface area (Å²) in [6.45, 7) is 3.91. The number of anilines is 1. The van der Waals surface area contributed by atoms with Gasteiger partial charge >= 0.3 is 0 Å². The zero-order chi connectivity index (χ0) is 16.8. The van der Waals surface area contributed by atoms with Gasteiger partial charge in [-0.2, -0.15) is 0 Å². The van der Waals surface area contributed by atoms with Gasteiger partial charge in [-0.25, -0.2) is 0 Å². The van der Waals surface area contributed by atoms with E-state index < -0.39 is 0 Å². The topological polar surface area (TPSA) is 38.3 Å². The van der Waals surface area contributed by atoms with Gasteiger partial charge in [-0.15, -0.1) is 0 Å². The van der Waals surface area contributed by atoms with Crippen molar-refractivity contribution in [3.05, 3.63) is 58.1 Å². The van der Waals surface area contributed by atoms with Crippen LogP contribution < -0.4 is 10.1 Å². The largest absolute Gasteiger partial charge is 0.491 e. The molecule has 0 radical (unpaired) electrons. The van der Waals surface area contributed by atoms with Crippen LogP contribution in [0.25, 0.3) is 0 Å². The van der Waals surface area contributed by atoms with Crippen molar-refractivity contribution in [2.75, 3.05) is 5.32 Å². The van der Waals surface area contributed by atoms with Gasteiger partial charge < -0.3 is 10.1 Å². The first-order valence-electron chi connectivity index (χ1n) is 7.45. The van der Waals surface area contributed by atoms with Gasteiger partial charge in [-0.3, -0.25) is 4.79 Å². The van der Waals surface area contributed by atoms with Gasteiger partial charge in [0.2, 0.25) is 5.91 Å². The van der Waals surface area contributed by atoms with E-state index in [-0.39, 0.29) is 12.0 Å². The van der Waals surface area contributed by atoms with E-state index in [0.29, 0.717) is 28.6 Å². The number of amides is 1. The Morgan fingerprint density at radius 2 is 1.78 bits per heavy atom. The molecule has 0 bridgehead atoms. The van der Waals surface area contributed by atoms with Crippen LogP contribution in [0.2, 0.25) is 10.0 Å². The standard InChI is InChI=1S/C18H19Cl2NO2/c1-12(2)23-14-6-3-5-13(11-14)21-18(22)10-9-15-16(19)7-4-8-17(15)20/h3-8,11-12H,9-10H2,1-2H3,(H,21,22). The molecule has 0 saturated heterocycles. The fourth-order valence-corrected chi connectivity index (χ4v) is 2.74. The van der Waals surface area contributed by atoms with E-state index in [0.717, 1.165) is 11.3 Å². The molecule has 3 nitrogen and oxygen atoms in total. The molecule has 23 heavy (non-hydrogen) atoms. The molecule has 2 rings (SSSR count). The van der Waals surface area contributed by atoms with Crippen molar-refractivity contribution in [2.24, 2.45) is 0 Å². The van der Waals surface area contributed by atoms with E-state index in [1.165, 1.54) is 0 Å². The smallest absolute Gasteiger partial charge is 0.224 e. The summed E-state index contributed by atoms with van der Waals surface area (Å²) in [5.74, 6) is 0.634. The summed E-state index contributed by atoms with van der Waals surface area (Å²) < 4.78 is 5.61. The van der Waals surface area contributed by atoms with Gasteiger partial charge in [0.15, 0.2) is 0 Å². The second kappa shape index (κ2) is 8.23. The molecule has 2 aromatic carbocycles. The lowest BCUT2D eigenvalue weighted by Gasteiger charge is -2.12. The van der Waals surface area contributed by atoms with Crippen LogP contribution in [0.3, 0.4) is 0 Å². The molecule has 0 aliphatic heterocycles. The first-order valence-corrected chi connectivity index (χ1v) is 8.21. The molecule has 0 heterocycles. The number of ether oxygens (including phenoxy) is 1. The molecule has 5 heteroatoms. The Balaban J connectivity index is 1.95. The normalized spacial score (nSPS) is 10.7. The summed E-state index contributed by atoms with van der Waals surface area (Å²) in [7, 11) is 0. The third kappa shape index (κ3) is 5.45. The minimum absolute atomic E-state index is 0.0864. The predicted molar refractivity (Wildman–Crippen MR) is 95.6 cm³/mol. The molecule has 2 aromatic rings. The Kier molecular flexibility index (Phi) is 6.31. The quantitative estimate of drug-likeness (QED) is 0.761. The molecule has 1 amide bonds. The van der Waals surface area contributed by atoms with Crippen molar-refractivity contribution in [3.8, 4) is 5.75 Å². The average molecular weight is 352 g/mol. The lowest BCUT2D eigenvalue weighted by atomic mass is 10.1. The zero-order valence-corrected chi connectivity index (χ0v) is 14.6. The minimum atomic E-state index is -0.0947. The van der Waals surface area contributed by atoms with E-state index in [4.69, 9.17) is 27.9 Å². The number of hydrogen-bond donors (Lipinski definition) is 1. The Hall–Kier alpha value is -1.71.